The number of hydrogen-bond donors (Lipinski definition) is 0. The number of morpholine rings is 1. The van der Waals surface area contributed by atoms with Crippen molar-refractivity contribution in [1.29, 1.82) is 5.26 Å². The van der Waals surface area contributed by atoms with Gasteiger partial charge in [0.1, 0.15) is 6.34 Å². The first-order valence-electron chi connectivity index (χ1n) is 5.93. The summed E-state index contributed by atoms with van der Waals surface area (Å²) in [5.41, 5.74) is -1.93. The maximum Gasteiger partial charge on any atom is 0.483 e. The molecule has 108 valence electrons. The monoisotopic (exact) mass is 300 g/mol. The fourth-order valence-electron chi connectivity index (χ4n) is 1.74. The molecule has 2 unspecified atom stereocenters. The van der Waals surface area contributed by atoms with Gasteiger partial charge < -0.3 is 9.26 Å². The van der Waals surface area contributed by atoms with Crippen LogP contribution in [-0.4, -0.2) is 54.4 Å². The first kappa shape index (κ1) is 14.9. The van der Waals surface area contributed by atoms with Crippen LogP contribution in [0.15, 0.2) is 15.2 Å². The molecule has 1 fully saturated rings. The third-order valence-electron chi connectivity index (χ3n) is 2.65. The van der Waals surface area contributed by atoms with E-state index in [4.69, 9.17) is 14.5 Å². The zero-order valence-electron chi connectivity index (χ0n) is 10.6. The molecular weight excluding hydrogens is 287 g/mol. The number of nitro groups is 1. The van der Waals surface area contributed by atoms with Crippen LogP contribution in [0.3, 0.4) is 0 Å². The van der Waals surface area contributed by atoms with Crippen LogP contribution in [0.25, 0.3) is 0 Å². The molecule has 0 aromatic carbocycles. The molecule has 0 aromatic rings. The van der Waals surface area contributed by atoms with Gasteiger partial charge in [0.05, 0.1) is 37.2 Å². The molecule has 0 saturated carbocycles. The summed E-state index contributed by atoms with van der Waals surface area (Å²) in [7, 11) is -1.77. The third kappa shape index (κ3) is 2.96. The van der Waals surface area contributed by atoms with Gasteiger partial charge in [0.25, 0.3) is 0 Å². The quantitative estimate of drug-likeness (QED) is 0.311. The van der Waals surface area contributed by atoms with E-state index in [1.165, 1.54) is 0 Å². The lowest BCUT2D eigenvalue weighted by molar-refractivity contribution is -0.538. The van der Waals surface area contributed by atoms with E-state index < -0.39 is 18.8 Å². The van der Waals surface area contributed by atoms with E-state index in [0.717, 1.165) is 6.34 Å². The molecule has 2 atom stereocenters. The predicted molar refractivity (Wildman–Crippen MR) is 68.6 cm³/mol. The van der Waals surface area contributed by atoms with Gasteiger partial charge in [-0.05, 0) is 0 Å². The number of ether oxygens (including phenoxy) is 1. The van der Waals surface area contributed by atoms with Gasteiger partial charge in [-0.25, -0.2) is 4.67 Å². The van der Waals surface area contributed by atoms with Gasteiger partial charge in [-0.15, -0.1) is 5.11 Å². The summed E-state index contributed by atoms with van der Waals surface area (Å²) in [5.74, 6) is 0. The average Bonchev–Trinajstić information content (AvgIpc) is 2.95. The highest BCUT2D eigenvalue weighted by Gasteiger charge is 2.58. The van der Waals surface area contributed by atoms with E-state index in [0.29, 0.717) is 26.3 Å². The zero-order chi connectivity index (χ0) is 14.4. The minimum absolute atomic E-state index is 0.0974. The Morgan fingerprint density at radius 1 is 1.60 bits per heavy atom. The summed E-state index contributed by atoms with van der Waals surface area (Å²) in [4.78, 5) is 14.6. The Morgan fingerprint density at radius 3 is 2.90 bits per heavy atom. The van der Waals surface area contributed by atoms with Gasteiger partial charge in [-0.3, -0.25) is 10.1 Å². The molecule has 2 rings (SSSR count). The standard InChI is InChI=1S/C9H13N6O4P/c10-2-1-5-19-20(14-3-6-18-7-4-14)9(15(16)17)11-8-12-13-9/h8H,1,3-7H2. The summed E-state index contributed by atoms with van der Waals surface area (Å²) in [6.45, 7) is 2.03. The first-order chi connectivity index (χ1) is 9.70. The summed E-state index contributed by atoms with van der Waals surface area (Å²) in [6, 6.07) is 1.94. The van der Waals surface area contributed by atoms with Gasteiger partial charge in [0, 0.05) is 13.1 Å². The number of nitrogens with zero attached hydrogens (tertiary/aromatic N) is 6. The number of nitriles is 1. The highest BCUT2D eigenvalue weighted by molar-refractivity contribution is 7.51. The molecule has 0 N–H and O–H groups in total. The molecular formula is C9H13N6O4P. The molecule has 1 saturated heterocycles. The highest BCUT2D eigenvalue weighted by Crippen LogP contribution is 2.57. The van der Waals surface area contributed by atoms with Crippen molar-refractivity contribution in [2.24, 2.45) is 15.2 Å². The van der Waals surface area contributed by atoms with Crippen LogP contribution < -0.4 is 0 Å². The average molecular weight is 300 g/mol. The molecule has 0 bridgehead atoms. The molecule has 2 aliphatic rings. The SMILES string of the molecule is N#CCCOP(N1CCOCC1)C1([N+](=O)[O-])N=CN=N1. The fraction of sp³-hybridized carbons (Fsp3) is 0.778. The summed E-state index contributed by atoms with van der Waals surface area (Å²) >= 11 is 0. The van der Waals surface area contributed by atoms with Crippen LogP contribution in [0, 0.1) is 21.4 Å². The number of rotatable bonds is 6. The second kappa shape index (κ2) is 6.76. The van der Waals surface area contributed by atoms with E-state index in [1.807, 2.05) is 6.07 Å². The van der Waals surface area contributed by atoms with E-state index in [2.05, 4.69) is 15.2 Å². The molecule has 0 aliphatic carbocycles. The van der Waals surface area contributed by atoms with E-state index in [1.54, 1.807) is 4.67 Å². The lowest BCUT2D eigenvalue weighted by Gasteiger charge is -2.34. The molecule has 0 aromatic heterocycles. The van der Waals surface area contributed by atoms with Gasteiger partial charge in [0.15, 0.2) is 0 Å². The van der Waals surface area contributed by atoms with Crippen molar-refractivity contribution < 1.29 is 14.2 Å². The summed E-state index contributed by atoms with van der Waals surface area (Å²) in [6.07, 6.45) is 1.21. The van der Waals surface area contributed by atoms with Crippen LogP contribution in [0.5, 0.6) is 0 Å². The molecule has 0 radical (unpaired) electrons. The van der Waals surface area contributed by atoms with Crippen molar-refractivity contribution in [3.05, 3.63) is 10.1 Å². The van der Waals surface area contributed by atoms with E-state index in [-0.39, 0.29) is 13.0 Å². The summed E-state index contributed by atoms with van der Waals surface area (Å²) in [5, 5.41) is 27.1. The summed E-state index contributed by atoms with van der Waals surface area (Å²) < 4.78 is 12.6. The van der Waals surface area contributed by atoms with Crippen LogP contribution in [0.2, 0.25) is 0 Å². The lowest BCUT2D eigenvalue weighted by Crippen LogP contribution is -2.42. The molecule has 2 heterocycles. The normalized spacial score (nSPS) is 27.4. The lowest BCUT2D eigenvalue weighted by atomic mass is 10.5. The van der Waals surface area contributed by atoms with Crippen LogP contribution in [-0.2, 0) is 9.26 Å². The third-order valence-corrected chi connectivity index (χ3v) is 4.87. The van der Waals surface area contributed by atoms with Crippen molar-refractivity contribution in [2.75, 3.05) is 32.9 Å². The predicted octanol–water partition coefficient (Wildman–Crippen LogP) is 0.943. The zero-order valence-corrected chi connectivity index (χ0v) is 11.5. The van der Waals surface area contributed by atoms with E-state index >= 15 is 0 Å². The topological polar surface area (TPSA) is 126 Å². The first-order valence-corrected chi connectivity index (χ1v) is 7.15. The molecule has 10 nitrogen and oxygen atoms in total. The van der Waals surface area contributed by atoms with E-state index in [9.17, 15) is 10.1 Å². The smallest absolute Gasteiger partial charge is 0.379 e. The number of azo groups is 1. The van der Waals surface area contributed by atoms with Crippen LogP contribution in [0.4, 0.5) is 0 Å². The van der Waals surface area contributed by atoms with Crippen molar-refractivity contribution >= 4 is 14.6 Å². The van der Waals surface area contributed by atoms with Gasteiger partial charge >= 0.3 is 5.53 Å². The second-order valence-electron chi connectivity index (χ2n) is 3.90. The largest absolute Gasteiger partial charge is 0.483 e. The Balaban J connectivity index is 2.20. The van der Waals surface area contributed by atoms with Crippen LogP contribution in [0.1, 0.15) is 6.42 Å². The Bertz CT molecular complexity index is 446. The van der Waals surface area contributed by atoms with Crippen molar-refractivity contribution in [2.45, 2.75) is 11.9 Å². The maximum absolute atomic E-state index is 11.4. The Hall–Kier alpha value is -1.53. The molecule has 0 amide bonds. The molecule has 11 heteroatoms. The Kier molecular flexibility index (Phi) is 5.03. The van der Waals surface area contributed by atoms with Crippen LogP contribution >= 0.6 is 8.30 Å². The van der Waals surface area contributed by atoms with Crippen molar-refractivity contribution in [1.82, 2.24) is 4.67 Å². The Labute approximate surface area is 116 Å². The second-order valence-corrected chi connectivity index (χ2v) is 5.87. The molecule has 0 spiro atoms. The molecule has 2 aliphatic heterocycles. The fourth-order valence-corrected chi connectivity index (χ4v) is 3.67. The number of hydrogen-bond acceptors (Lipinski definition) is 9. The van der Waals surface area contributed by atoms with Gasteiger partial charge in [-0.2, -0.15) is 10.3 Å². The van der Waals surface area contributed by atoms with Gasteiger partial charge in [-0.1, -0.05) is 5.11 Å². The minimum atomic E-state index is -1.93. The van der Waals surface area contributed by atoms with Crippen molar-refractivity contribution in [3.63, 3.8) is 0 Å². The van der Waals surface area contributed by atoms with Crippen molar-refractivity contribution in [3.8, 4) is 6.07 Å². The van der Waals surface area contributed by atoms with Gasteiger partial charge in [0.2, 0.25) is 8.30 Å². The minimum Gasteiger partial charge on any atom is -0.379 e. The molecule has 20 heavy (non-hydrogen) atoms. The highest BCUT2D eigenvalue weighted by atomic mass is 31.2. The number of aliphatic imine (C=N–C) groups is 1. The Morgan fingerprint density at radius 2 is 2.35 bits per heavy atom. The maximum atomic E-state index is 11.4.